The quantitative estimate of drug-likeness (QED) is 0.610. The molecule has 2 aliphatic rings. The van der Waals surface area contributed by atoms with Gasteiger partial charge in [0.25, 0.3) is 0 Å². The Balaban J connectivity index is 0.00000109. The number of rotatable bonds is 4. The van der Waals surface area contributed by atoms with E-state index in [9.17, 15) is 9.90 Å². The highest BCUT2D eigenvalue weighted by atomic mass is 16.3. The van der Waals surface area contributed by atoms with Crippen molar-refractivity contribution in [2.45, 2.75) is 32.2 Å². The van der Waals surface area contributed by atoms with E-state index in [1.54, 1.807) is 24.3 Å². The lowest BCUT2D eigenvalue weighted by molar-refractivity contribution is -0.125. The molecule has 6 heteroatoms. The second-order valence-corrected chi connectivity index (χ2v) is 6.98. The Kier molecular flexibility index (Phi) is 5.49. The Morgan fingerprint density at radius 1 is 1.36 bits per heavy atom. The largest absolute Gasteiger partial charge is 0.507 e. The van der Waals surface area contributed by atoms with Gasteiger partial charge in [-0.2, -0.15) is 0 Å². The Labute approximate surface area is 165 Å². The van der Waals surface area contributed by atoms with E-state index in [2.05, 4.69) is 11.6 Å². The van der Waals surface area contributed by atoms with Crippen LogP contribution >= 0.6 is 0 Å². The molecule has 0 bridgehead atoms. The number of nitrogens with one attached hydrogen (secondary N) is 1. The van der Waals surface area contributed by atoms with E-state index in [-0.39, 0.29) is 17.6 Å². The number of H-pyrrole nitrogens is 1. The lowest BCUT2D eigenvalue weighted by atomic mass is 10.0. The number of benzene rings is 1. The molecule has 0 radical (unpaired) electrons. The minimum atomic E-state index is -0.0107. The number of piperidine rings is 1. The van der Waals surface area contributed by atoms with Crippen LogP contribution in [-0.4, -0.2) is 33.5 Å². The van der Waals surface area contributed by atoms with Crippen molar-refractivity contribution in [3.05, 3.63) is 59.8 Å². The monoisotopic (exact) mass is 380 g/mol. The van der Waals surface area contributed by atoms with E-state index in [1.807, 2.05) is 30.9 Å². The average Bonchev–Trinajstić information content (AvgIpc) is 3.28. The number of phenolic OH excluding ortho intramolecular Hbond substituents is 1. The Bertz CT molecular complexity index is 915. The number of hydrogen-bond donors (Lipinski definition) is 4. The van der Waals surface area contributed by atoms with Gasteiger partial charge in [-0.3, -0.25) is 4.79 Å². The summed E-state index contributed by atoms with van der Waals surface area (Å²) < 4.78 is 0. The van der Waals surface area contributed by atoms with Crippen molar-refractivity contribution in [3.8, 4) is 5.75 Å². The van der Waals surface area contributed by atoms with Crippen LogP contribution < -0.4 is 11.5 Å². The SMILES string of the molecule is C=CC(=O)N1CC(c2cc(/C=C(\N)c3ccccc3O)c(N)[nH]2)C2C[C@H]21.CC. The third kappa shape index (κ3) is 3.50. The first-order valence-electron chi connectivity index (χ1n) is 9.66. The van der Waals surface area contributed by atoms with E-state index in [0.717, 1.165) is 17.7 Å². The molecule has 2 aromatic rings. The molecule has 148 valence electrons. The van der Waals surface area contributed by atoms with Gasteiger partial charge < -0.3 is 26.5 Å². The number of nitrogen functional groups attached to an aromatic ring is 1. The molecule has 6 N–H and O–H groups in total. The maximum Gasteiger partial charge on any atom is 0.246 e. The summed E-state index contributed by atoms with van der Waals surface area (Å²) in [6.07, 6.45) is 4.16. The number of carbonyl (C=O) groups is 1. The number of likely N-dealkylation sites (tertiary alicyclic amines) is 1. The Morgan fingerprint density at radius 2 is 2.07 bits per heavy atom. The number of aromatic hydroxyl groups is 1. The summed E-state index contributed by atoms with van der Waals surface area (Å²) in [5, 5.41) is 9.95. The molecule has 1 saturated heterocycles. The fourth-order valence-corrected chi connectivity index (χ4v) is 3.96. The number of phenols is 1. The molecule has 1 aromatic heterocycles. The minimum absolute atomic E-state index is 0.0107. The van der Waals surface area contributed by atoms with Gasteiger partial charge in [0.15, 0.2) is 0 Å². The molecule has 1 aliphatic carbocycles. The normalized spacial score (nSPS) is 22.9. The first-order valence-corrected chi connectivity index (χ1v) is 9.66. The fourth-order valence-electron chi connectivity index (χ4n) is 3.96. The van der Waals surface area contributed by atoms with Crippen molar-refractivity contribution in [3.63, 3.8) is 0 Å². The molecule has 1 amide bonds. The molecule has 3 atom stereocenters. The van der Waals surface area contributed by atoms with Gasteiger partial charge in [-0.25, -0.2) is 0 Å². The number of amides is 1. The topological polar surface area (TPSA) is 108 Å². The lowest BCUT2D eigenvalue weighted by Gasteiger charge is -2.18. The predicted molar refractivity (Wildman–Crippen MR) is 113 cm³/mol. The number of hydrogen-bond acceptors (Lipinski definition) is 4. The summed E-state index contributed by atoms with van der Waals surface area (Å²) >= 11 is 0. The molecule has 2 heterocycles. The third-order valence-corrected chi connectivity index (χ3v) is 5.40. The minimum Gasteiger partial charge on any atom is -0.507 e. The number of para-hydroxylation sites is 1. The van der Waals surface area contributed by atoms with Crippen LogP contribution in [0.25, 0.3) is 11.8 Å². The molecule has 2 unspecified atom stereocenters. The molecule has 1 aromatic carbocycles. The van der Waals surface area contributed by atoms with Gasteiger partial charge in [0, 0.05) is 41.0 Å². The second kappa shape index (κ2) is 7.84. The molecular weight excluding hydrogens is 352 g/mol. The van der Waals surface area contributed by atoms with Crippen molar-refractivity contribution in [2.75, 3.05) is 12.3 Å². The number of anilines is 1. The number of nitrogens with two attached hydrogens (primary N) is 2. The van der Waals surface area contributed by atoms with Crippen LogP contribution in [-0.2, 0) is 4.79 Å². The van der Waals surface area contributed by atoms with Gasteiger partial charge in [-0.05, 0) is 42.7 Å². The standard InChI is InChI=1S/C20H22N4O2.C2H6/c1-2-19(26)24-10-14(13-9-17(13)24)16-8-11(20(22)23-16)7-15(21)12-5-3-4-6-18(12)25;1-2/h2-8,13-14,17,23,25H,1,9-10,21-22H2;1-2H3/b15-7-;/t13?,14?,17-;/m1./s1. The van der Waals surface area contributed by atoms with E-state index in [0.29, 0.717) is 35.6 Å². The highest BCUT2D eigenvalue weighted by molar-refractivity contribution is 5.88. The van der Waals surface area contributed by atoms with E-state index >= 15 is 0 Å². The first-order chi connectivity index (χ1) is 13.5. The summed E-state index contributed by atoms with van der Waals surface area (Å²) in [6.45, 7) is 8.26. The van der Waals surface area contributed by atoms with Crippen LogP contribution in [0.3, 0.4) is 0 Å². The van der Waals surface area contributed by atoms with Gasteiger partial charge in [0.05, 0.1) is 0 Å². The highest BCUT2D eigenvalue weighted by Gasteiger charge is 2.55. The molecule has 4 rings (SSSR count). The number of fused-ring (bicyclic) bond motifs is 1. The average molecular weight is 380 g/mol. The lowest BCUT2D eigenvalue weighted by Crippen LogP contribution is -2.30. The molecule has 1 aliphatic heterocycles. The van der Waals surface area contributed by atoms with Gasteiger partial charge in [-0.1, -0.05) is 32.6 Å². The Morgan fingerprint density at radius 3 is 2.75 bits per heavy atom. The van der Waals surface area contributed by atoms with E-state index in [1.165, 1.54) is 6.08 Å². The number of carbonyl (C=O) groups excluding carboxylic acids is 1. The number of aromatic nitrogens is 1. The van der Waals surface area contributed by atoms with Crippen LogP contribution in [0.1, 0.15) is 43.0 Å². The number of nitrogens with zero attached hydrogens (tertiary/aromatic N) is 1. The van der Waals surface area contributed by atoms with Gasteiger partial charge in [0.1, 0.15) is 11.6 Å². The van der Waals surface area contributed by atoms with Crippen LogP contribution in [0.4, 0.5) is 5.82 Å². The molecule has 0 spiro atoms. The highest BCUT2D eigenvalue weighted by Crippen LogP contribution is 2.52. The van der Waals surface area contributed by atoms with Crippen molar-refractivity contribution >= 4 is 23.5 Å². The van der Waals surface area contributed by atoms with Crippen LogP contribution in [0.2, 0.25) is 0 Å². The molecule has 28 heavy (non-hydrogen) atoms. The summed E-state index contributed by atoms with van der Waals surface area (Å²) in [6, 6.07) is 9.23. The third-order valence-electron chi connectivity index (χ3n) is 5.40. The van der Waals surface area contributed by atoms with Crippen molar-refractivity contribution < 1.29 is 9.90 Å². The van der Waals surface area contributed by atoms with Crippen molar-refractivity contribution in [1.29, 1.82) is 0 Å². The van der Waals surface area contributed by atoms with Gasteiger partial charge in [0.2, 0.25) is 5.91 Å². The van der Waals surface area contributed by atoms with Gasteiger partial charge in [-0.15, -0.1) is 0 Å². The Hall–Kier alpha value is -3.15. The van der Waals surface area contributed by atoms with Crippen molar-refractivity contribution in [1.82, 2.24) is 9.88 Å². The zero-order valence-corrected chi connectivity index (χ0v) is 16.4. The predicted octanol–water partition coefficient (Wildman–Crippen LogP) is 3.29. The molecule has 6 nitrogen and oxygen atoms in total. The summed E-state index contributed by atoms with van der Waals surface area (Å²) in [5.74, 6) is 1.38. The zero-order valence-electron chi connectivity index (χ0n) is 16.4. The molecule has 2 fully saturated rings. The maximum atomic E-state index is 12.0. The maximum absolute atomic E-state index is 12.0. The summed E-state index contributed by atoms with van der Waals surface area (Å²) in [7, 11) is 0. The zero-order chi connectivity index (χ0) is 20.4. The smallest absolute Gasteiger partial charge is 0.246 e. The van der Waals surface area contributed by atoms with Gasteiger partial charge >= 0.3 is 0 Å². The van der Waals surface area contributed by atoms with Crippen LogP contribution in [0.5, 0.6) is 5.75 Å². The summed E-state index contributed by atoms with van der Waals surface area (Å²) in [5.41, 5.74) is 15.1. The van der Waals surface area contributed by atoms with Crippen molar-refractivity contribution in [2.24, 2.45) is 11.7 Å². The van der Waals surface area contributed by atoms with E-state index in [4.69, 9.17) is 11.5 Å². The fraction of sp³-hybridized carbons (Fsp3) is 0.318. The van der Waals surface area contributed by atoms with E-state index < -0.39 is 0 Å². The summed E-state index contributed by atoms with van der Waals surface area (Å²) in [4.78, 5) is 17.1. The second-order valence-electron chi connectivity index (χ2n) is 6.98. The molecular formula is C22H28N4O2. The van der Waals surface area contributed by atoms with Crippen LogP contribution in [0, 0.1) is 5.92 Å². The van der Waals surface area contributed by atoms with Crippen LogP contribution in [0.15, 0.2) is 43.0 Å². The first kappa shape index (κ1) is 19.6. The number of aromatic amines is 1. The molecule has 1 saturated carbocycles.